The standard InChI is InChI=1S/C46H34N2O/c1-2-3-11-30-20-22-31(23-21-30)32-24-26-33(27-25-32)47-38-15-7-4-12-34(38)35-28-29-41-45(46(35)47)36-13-5-8-16-39(36)48(41)40-17-10-19-43-44(40)37-14-6-9-18-42(37)49-43/h4-10,12-29H,2-3,11H2,1H3. The predicted octanol–water partition coefficient (Wildman–Crippen LogP) is 12.8. The molecule has 7 aromatic carbocycles. The second-order valence-electron chi connectivity index (χ2n) is 13.2. The number of aromatic nitrogens is 2. The van der Waals surface area contributed by atoms with E-state index in [1.54, 1.807) is 0 Å². The first kappa shape index (κ1) is 28.0. The molecule has 0 saturated carbocycles. The first-order valence-corrected chi connectivity index (χ1v) is 17.3. The summed E-state index contributed by atoms with van der Waals surface area (Å²) in [7, 11) is 0. The molecular weight excluding hydrogens is 597 g/mol. The van der Waals surface area contributed by atoms with Gasteiger partial charge in [0, 0.05) is 32.6 Å². The number of furan rings is 1. The number of hydrogen-bond acceptors (Lipinski definition) is 1. The van der Waals surface area contributed by atoms with Crippen molar-refractivity contribution in [2.24, 2.45) is 0 Å². The summed E-state index contributed by atoms with van der Waals surface area (Å²) in [6.45, 7) is 2.25. The van der Waals surface area contributed by atoms with E-state index in [1.807, 2.05) is 6.07 Å². The molecule has 49 heavy (non-hydrogen) atoms. The van der Waals surface area contributed by atoms with E-state index in [4.69, 9.17) is 4.42 Å². The minimum absolute atomic E-state index is 0.899. The van der Waals surface area contributed by atoms with Gasteiger partial charge < -0.3 is 13.6 Å². The molecule has 0 aliphatic carbocycles. The van der Waals surface area contributed by atoms with Crippen molar-refractivity contribution >= 4 is 65.6 Å². The number of hydrogen-bond donors (Lipinski definition) is 0. The molecule has 0 amide bonds. The van der Waals surface area contributed by atoms with E-state index in [0.717, 1.165) is 39.7 Å². The van der Waals surface area contributed by atoms with Crippen molar-refractivity contribution in [3.8, 4) is 22.5 Å². The van der Waals surface area contributed by atoms with Crippen LogP contribution in [-0.4, -0.2) is 9.13 Å². The van der Waals surface area contributed by atoms with Crippen LogP contribution in [0.4, 0.5) is 0 Å². The number of benzene rings is 7. The average molecular weight is 631 g/mol. The Balaban J connectivity index is 1.24. The quantitative estimate of drug-likeness (QED) is 0.179. The van der Waals surface area contributed by atoms with Crippen LogP contribution in [-0.2, 0) is 6.42 Å². The number of para-hydroxylation sites is 3. The molecule has 3 heterocycles. The van der Waals surface area contributed by atoms with Crippen molar-refractivity contribution in [3.63, 3.8) is 0 Å². The lowest BCUT2D eigenvalue weighted by atomic mass is 10.0. The van der Waals surface area contributed by atoms with E-state index in [1.165, 1.54) is 73.1 Å². The van der Waals surface area contributed by atoms with Gasteiger partial charge in [0.25, 0.3) is 0 Å². The van der Waals surface area contributed by atoms with Crippen LogP contribution in [0.1, 0.15) is 25.3 Å². The Morgan fingerprint density at radius 3 is 1.90 bits per heavy atom. The normalized spacial score (nSPS) is 12.0. The third kappa shape index (κ3) is 4.22. The third-order valence-corrected chi connectivity index (χ3v) is 10.3. The topological polar surface area (TPSA) is 23.0 Å². The van der Waals surface area contributed by atoms with Crippen LogP contribution in [0.3, 0.4) is 0 Å². The van der Waals surface area contributed by atoms with Crippen LogP contribution in [0.25, 0.3) is 88.1 Å². The largest absolute Gasteiger partial charge is 0.456 e. The summed E-state index contributed by atoms with van der Waals surface area (Å²) in [5.41, 5.74) is 12.8. The van der Waals surface area contributed by atoms with Crippen molar-refractivity contribution in [1.82, 2.24) is 9.13 Å². The number of fused-ring (bicyclic) bond motifs is 10. The molecule has 234 valence electrons. The molecule has 3 heteroatoms. The van der Waals surface area contributed by atoms with Gasteiger partial charge in [0.2, 0.25) is 0 Å². The van der Waals surface area contributed by atoms with Crippen LogP contribution < -0.4 is 0 Å². The SMILES string of the molecule is CCCCc1ccc(-c2ccc(-n3c4ccccc4c4ccc5c(c6ccccc6n5-c5cccc6oc7ccccc7c56)c43)cc2)cc1. The molecule has 3 aromatic heterocycles. The predicted molar refractivity (Wildman–Crippen MR) is 206 cm³/mol. The highest BCUT2D eigenvalue weighted by Crippen LogP contribution is 2.44. The van der Waals surface area contributed by atoms with Crippen molar-refractivity contribution in [2.45, 2.75) is 26.2 Å². The van der Waals surface area contributed by atoms with Crippen LogP contribution in [0, 0.1) is 0 Å². The van der Waals surface area contributed by atoms with Crippen LogP contribution in [0.5, 0.6) is 0 Å². The summed E-state index contributed by atoms with van der Waals surface area (Å²) in [6, 6.07) is 55.2. The highest BCUT2D eigenvalue weighted by atomic mass is 16.3. The van der Waals surface area contributed by atoms with Gasteiger partial charge in [-0.25, -0.2) is 0 Å². The van der Waals surface area contributed by atoms with Crippen LogP contribution in [0.15, 0.2) is 156 Å². The highest BCUT2D eigenvalue weighted by molar-refractivity contribution is 6.26. The van der Waals surface area contributed by atoms with Gasteiger partial charge >= 0.3 is 0 Å². The maximum absolute atomic E-state index is 6.35. The molecule has 10 aromatic rings. The van der Waals surface area contributed by atoms with E-state index in [2.05, 4.69) is 162 Å². The Hall–Kier alpha value is -6.06. The molecule has 0 radical (unpaired) electrons. The molecule has 0 aliphatic heterocycles. The fraction of sp³-hybridized carbons (Fsp3) is 0.0870. The lowest BCUT2D eigenvalue weighted by Crippen LogP contribution is -1.96. The third-order valence-electron chi connectivity index (χ3n) is 10.3. The number of aryl methyl sites for hydroxylation is 1. The van der Waals surface area contributed by atoms with Gasteiger partial charge in [0.05, 0.1) is 33.1 Å². The first-order chi connectivity index (χ1) is 24.3. The van der Waals surface area contributed by atoms with Crippen LogP contribution in [0.2, 0.25) is 0 Å². The Labute approximate surface area is 284 Å². The molecule has 0 atom stereocenters. The van der Waals surface area contributed by atoms with Crippen molar-refractivity contribution in [1.29, 1.82) is 0 Å². The summed E-state index contributed by atoms with van der Waals surface area (Å²) >= 11 is 0. The van der Waals surface area contributed by atoms with Gasteiger partial charge in [0.1, 0.15) is 11.2 Å². The maximum atomic E-state index is 6.35. The Kier molecular flexibility index (Phi) is 6.29. The summed E-state index contributed by atoms with van der Waals surface area (Å²) in [6.07, 6.45) is 3.59. The van der Waals surface area contributed by atoms with Gasteiger partial charge in [-0.2, -0.15) is 0 Å². The fourth-order valence-corrected chi connectivity index (χ4v) is 8.03. The Bertz CT molecular complexity index is 2850. The molecule has 0 N–H and O–H groups in total. The molecule has 3 nitrogen and oxygen atoms in total. The molecule has 0 bridgehead atoms. The molecule has 0 saturated heterocycles. The fourth-order valence-electron chi connectivity index (χ4n) is 8.03. The number of nitrogens with zero attached hydrogens (tertiary/aromatic N) is 2. The van der Waals surface area contributed by atoms with E-state index in [-0.39, 0.29) is 0 Å². The van der Waals surface area contributed by atoms with Crippen LogP contribution >= 0.6 is 0 Å². The Morgan fingerprint density at radius 2 is 1.12 bits per heavy atom. The van der Waals surface area contributed by atoms with E-state index in [0.29, 0.717) is 0 Å². The summed E-state index contributed by atoms with van der Waals surface area (Å²) < 4.78 is 11.2. The van der Waals surface area contributed by atoms with Gasteiger partial charge in [-0.3, -0.25) is 0 Å². The van der Waals surface area contributed by atoms with Gasteiger partial charge in [0.15, 0.2) is 0 Å². The second kappa shape index (κ2) is 11.0. The number of unbranched alkanes of at least 4 members (excludes halogenated alkanes) is 1. The molecule has 0 unspecified atom stereocenters. The molecule has 0 spiro atoms. The number of rotatable bonds is 6. The van der Waals surface area contributed by atoms with E-state index in [9.17, 15) is 0 Å². The van der Waals surface area contributed by atoms with Crippen molar-refractivity contribution in [2.75, 3.05) is 0 Å². The van der Waals surface area contributed by atoms with E-state index >= 15 is 0 Å². The average Bonchev–Trinajstić information content (AvgIpc) is 3.82. The monoisotopic (exact) mass is 630 g/mol. The lowest BCUT2D eigenvalue weighted by molar-refractivity contribution is 0.669. The molecule has 0 aliphatic rings. The molecule has 0 fully saturated rings. The van der Waals surface area contributed by atoms with Gasteiger partial charge in [-0.1, -0.05) is 116 Å². The minimum Gasteiger partial charge on any atom is -0.456 e. The zero-order valence-electron chi connectivity index (χ0n) is 27.4. The highest BCUT2D eigenvalue weighted by Gasteiger charge is 2.22. The summed E-state index contributed by atoms with van der Waals surface area (Å²) in [5, 5.41) is 7.26. The second-order valence-corrected chi connectivity index (χ2v) is 13.2. The van der Waals surface area contributed by atoms with Gasteiger partial charge in [-0.05, 0) is 78.1 Å². The van der Waals surface area contributed by atoms with Crippen molar-refractivity contribution < 1.29 is 4.42 Å². The van der Waals surface area contributed by atoms with Gasteiger partial charge in [-0.15, -0.1) is 0 Å². The lowest BCUT2D eigenvalue weighted by Gasteiger charge is -2.12. The van der Waals surface area contributed by atoms with E-state index < -0.39 is 0 Å². The first-order valence-electron chi connectivity index (χ1n) is 17.3. The summed E-state index contributed by atoms with van der Waals surface area (Å²) in [4.78, 5) is 0. The smallest absolute Gasteiger partial charge is 0.137 e. The minimum atomic E-state index is 0.899. The molecule has 10 rings (SSSR count). The van der Waals surface area contributed by atoms with Crippen molar-refractivity contribution in [3.05, 3.63) is 157 Å². The molecular formula is C46H34N2O. The Morgan fingerprint density at radius 1 is 0.469 bits per heavy atom. The zero-order chi connectivity index (χ0) is 32.5. The summed E-state index contributed by atoms with van der Waals surface area (Å²) in [5.74, 6) is 0. The maximum Gasteiger partial charge on any atom is 0.137 e. The zero-order valence-corrected chi connectivity index (χ0v) is 27.4.